The summed E-state index contributed by atoms with van der Waals surface area (Å²) in [6, 6.07) is 17.5. The summed E-state index contributed by atoms with van der Waals surface area (Å²) in [6.07, 6.45) is 0. The molecule has 0 radical (unpaired) electrons. The van der Waals surface area contributed by atoms with Gasteiger partial charge in [-0.05, 0) is 43.3 Å². The van der Waals surface area contributed by atoms with E-state index in [0.717, 1.165) is 22.4 Å². The largest absolute Gasteiger partial charge is 0.362 e. The molecule has 0 aliphatic heterocycles. The molecule has 3 nitrogen and oxygen atoms in total. The Balaban J connectivity index is 1.97. The van der Waals surface area contributed by atoms with Crippen molar-refractivity contribution in [2.75, 3.05) is 23.3 Å². The van der Waals surface area contributed by atoms with Crippen LogP contribution in [-0.2, 0) is 4.79 Å². The van der Waals surface area contributed by atoms with E-state index in [9.17, 15) is 4.79 Å². The van der Waals surface area contributed by atoms with E-state index < -0.39 is 0 Å². The number of hydrogen-bond acceptors (Lipinski definition) is 2. The molecule has 0 atom stereocenters. The van der Waals surface area contributed by atoms with Crippen LogP contribution in [0.5, 0.6) is 0 Å². The zero-order chi connectivity index (χ0) is 14.4. The van der Waals surface area contributed by atoms with Gasteiger partial charge in [0, 0.05) is 22.4 Å². The van der Waals surface area contributed by atoms with Crippen molar-refractivity contribution in [3.05, 3.63) is 59.1 Å². The molecule has 0 aromatic heterocycles. The first-order valence-corrected chi connectivity index (χ1v) is 7.33. The van der Waals surface area contributed by atoms with Gasteiger partial charge in [-0.3, -0.25) is 4.79 Å². The molecule has 2 aromatic carbocycles. The summed E-state index contributed by atoms with van der Waals surface area (Å²) < 4.78 is 0.995. The fraction of sp³-hybridized carbons (Fsp3) is 0.188. The van der Waals surface area contributed by atoms with Gasteiger partial charge in [0.25, 0.3) is 0 Å². The van der Waals surface area contributed by atoms with Crippen LogP contribution in [0, 0.1) is 0 Å². The number of likely N-dealkylation sites (N-methyl/N-ethyl adjacent to an activating group) is 1. The Hall–Kier alpha value is -1.81. The summed E-state index contributed by atoms with van der Waals surface area (Å²) >= 11 is 3.37. The molecule has 0 saturated heterocycles. The molecule has 0 bridgehead atoms. The maximum atomic E-state index is 12.1. The molecule has 4 heteroatoms. The number of anilines is 2. The van der Waals surface area contributed by atoms with Crippen molar-refractivity contribution < 1.29 is 4.79 Å². The van der Waals surface area contributed by atoms with Crippen molar-refractivity contribution in [3.63, 3.8) is 0 Å². The molecule has 0 aliphatic carbocycles. The predicted molar refractivity (Wildman–Crippen MR) is 87.1 cm³/mol. The van der Waals surface area contributed by atoms with E-state index in [1.54, 1.807) is 0 Å². The number of carbonyl (C=O) groups is 1. The fourth-order valence-electron chi connectivity index (χ4n) is 1.93. The molecular formula is C16H17BrN2O. The Morgan fingerprint density at radius 3 is 2.35 bits per heavy atom. The van der Waals surface area contributed by atoms with Gasteiger partial charge >= 0.3 is 0 Å². The number of rotatable bonds is 5. The second-order valence-electron chi connectivity index (χ2n) is 4.40. The first-order valence-electron chi connectivity index (χ1n) is 6.54. The second-order valence-corrected chi connectivity index (χ2v) is 5.32. The van der Waals surface area contributed by atoms with Crippen molar-refractivity contribution in [1.82, 2.24) is 0 Å². The number of amides is 1. The van der Waals surface area contributed by atoms with Crippen LogP contribution in [0.15, 0.2) is 59.1 Å². The van der Waals surface area contributed by atoms with E-state index in [4.69, 9.17) is 0 Å². The summed E-state index contributed by atoms with van der Waals surface area (Å²) in [5.41, 5.74) is 1.86. The number of para-hydroxylation sites is 1. The first kappa shape index (κ1) is 14.6. The molecule has 1 amide bonds. The Labute approximate surface area is 127 Å². The van der Waals surface area contributed by atoms with Crippen molar-refractivity contribution in [2.45, 2.75) is 6.92 Å². The highest BCUT2D eigenvalue weighted by Gasteiger charge is 2.09. The molecule has 0 saturated carbocycles. The molecule has 20 heavy (non-hydrogen) atoms. The van der Waals surface area contributed by atoms with Crippen LogP contribution >= 0.6 is 15.9 Å². The van der Waals surface area contributed by atoms with Gasteiger partial charge in [0.2, 0.25) is 5.91 Å². The van der Waals surface area contributed by atoms with Gasteiger partial charge in [0.05, 0.1) is 6.54 Å². The Kier molecular flexibility index (Phi) is 5.18. The van der Waals surface area contributed by atoms with E-state index in [1.807, 2.05) is 66.4 Å². The lowest BCUT2D eigenvalue weighted by atomic mass is 10.2. The molecule has 0 fully saturated rings. The van der Waals surface area contributed by atoms with Crippen molar-refractivity contribution in [3.8, 4) is 0 Å². The van der Waals surface area contributed by atoms with Gasteiger partial charge in [0.15, 0.2) is 0 Å². The number of nitrogens with zero attached hydrogens (tertiary/aromatic N) is 1. The van der Waals surface area contributed by atoms with Crippen LogP contribution in [-0.4, -0.2) is 19.0 Å². The van der Waals surface area contributed by atoms with Gasteiger partial charge in [0.1, 0.15) is 0 Å². The average Bonchev–Trinajstić information content (AvgIpc) is 2.48. The Morgan fingerprint density at radius 1 is 1.10 bits per heavy atom. The molecular weight excluding hydrogens is 316 g/mol. The van der Waals surface area contributed by atoms with E-state index in [1.165, 1.54) is 0 Å². The fourth-order valence-corrected chi connectivity index (χ4v) is 2.20. The van der Waals surface area contributed by atoms with Gasteiger partial charge in [-0.15, -0.1) is 0 Å². The number of benzene rings is 2. The van der Waals surface area contributed by atoms with E-state index >= 15 is 0 Å². The summed E-state index contributed by atoms with van der Waals surface area (Å²) in [5.74, 6) is -0.0157. The zero-order valence-corrected chi connectivity index (χ0v) is 12.9. The van der Waals surface area contributed by atoms with Crippen LogP contribution in [0.25, 0.3) is 0 Å². The molecule has 104 valence electrons. The average molecular weight is 333 g/mol. The van der Waals surface area contributed by atoms with Crippen molar-refractivity contribution in [2.24, 2.45) is 0 Å². The Bertz CT molecular complexity index is 554. The van der Waals surface area contributed by atoms with Crippen molar-refractivity contribution in [1.29, 1.82) is 0 Å². The molecule has 0 spiro atoms. The maximum Gasteiger partial charge on any atom is 0.243 e. The van der Waals surface area contributed by atoms with Crippen LogP contribution in [0.3, 0.4) is 0 Å². The highest BCUT2D eigenvalue weighted by atomic mass is 79.9. The van der Waals surface area contributed by atoms with Crippen molar-refractivity contribution >= 4 is 33.2 Å². The van der Waals surface area contributed by atoms with Crippen LogP contribution in [0.1, 0.15) is 6.92 Å². The minimum absolute atomic E-state index is 0.0157. The predicted octanol–water partition coefficient (Wildman–Crippen LogP) is 3.91. The number of hydrogen-bond donors (Lipinski definition) is 1. The lowest BCUT2D eigenvalue weighted by Crippen LogP contribution is -2.33. The lowest BCUT2D eigenvalue weighted by molar-refractivity contribution is -0.115. The third-order valence-corrected chi connectivity index (χ3v) is 3.49. The first-order chi connectivity index (χ1) is 9.69. The molecule has 0 aliphatic rings. The monoisotopic (exact) mass is 332 g/mol. The summed E-state index contributed by atoms with van der Waals surface area (Å²) in [5, 5.41) is 2.90. The lowest BCUT2D eigenvalue weighted by Gasteiger charge is -2.22. The normalized spacial score (nSPS) is 10.1. The number of carbonyl (C=O) groups excluding carboxylic acids is 1. The number of halogens is 1. The highest BCUT2D eigenvalue weighted by Crippen LogP contribution is 2.15. The quantitative estimate of drug-likeness (QED) is 0.900. The smallest absolute Gasteiger partial charge is 0.243 e. The molecule has 0 unspecified atom stereocenters. The van der Waals surface area contributed by atoms with Gasteiger partial charge in [-0.2, -0.15) is 0 Å². The standard InChI is InChI=1S/C16H17BrN2O/c1-2-19(15-6-4-3-5-7-15)12-16(20)18-14-10-8-13(17)9-11-14/h3-11H,2,12H2,1H3,(H,18,20). The molecule has 2 rings (SSSR count). The van der Waals surface area contributed by atoms with E-state index in [-0.39, 0.29) is 5.91 Å². The third-order valence-electron chi connectivity index (χ3n) is 2.97. The summed E-state index contributed by atoms with van der Waals surface area (Å²) in [4.78, 5) is 14.1. The van der Waals surface area contributed by atoms with Crippen LogP contribution in [0.4, 0.5) is 11.4 Å². The number of nitrogens with one attached hydrogen (secondary N) is 1. The van der Waals surface area contributed by atoms with Crippen LogP contribution < -0.4 is 10.2 Å². The maximum absolute atomic E-state index is 12.1. The van der Waals surface area contributed by atoms with E-state index in [2.05, 4.69) is 21.2 Å². The Morgan fingerprint density at radius 2 is 1.75 bits per heavy atom. The minimum atomic E-state index is -0.0157. The molecule has 2 aromatic rings. The summed E-state index contributed by atoms with van der Waals surface area (Å²) in [7, 11) is 0. The summed E-state index contributed by atoms with van der Waals surface area (Å²) in [6.45, 7) is 3.17. The minimum Gasteiger partial charge on any atom is -0.362 e. The van der Waals surface area contributed by atoms with Gasteiger partial charge in [-0.25, -0.2) is 0 Å². The molecule has 0 heterocycles. The van der Waals surface area contributed by atoms with Gasteiger partial charge in [-0.1, -0.05) is 34.1 Å². The third kappa shape index (κ3) is 4.10. The molecule has 1 N–H and O–H groups in total. The van der Waals surface area contributed by atoms with Gasteiger partial charge < -0.3 is 10.2 Å². The SMILES string of the molecule is CCN(CC(=O)Nc1ccc(Br)cc1)c1ccccc1. The highest BCUT2D eigenvalue weighted by molar-refractivity contribution is 9.10. The van der Waals surface area contributed by atoms with Crippen LogP contribution in [0.2, 0.25) is 0 Å². The van der Waals surface area contributed by atoms with E-state index in [0.29, 0.717) is 6.54 Å². The second kappa shape index (κ2) is 7.10. The zero-order valence-electron chi connectivity index (χ0n) is 11.3. The topological polar surface area (TPSA) is 32.3 Å².